The molecule has 3 N–H and O–H groups in total. The van der Waals surface area contributed by atoms with Gasteiger partial charge in [-0.3, -0.25) is 5.10 Å². The van der Waals surface area contributed by atoms with Crippen molar-refractivity contribution >= 4 is 5.95 Å². The number of anilines is 1. The summed E-state index contributed by atoms with van der Waals surface area (Å²) in [5.41, 5.74) is 5.99. The topological polar surface area (TPSA) is 70.8 Å². The van der Waals surface area contributed by atoms with Crippen LogP contribution in [0.3, 0.4) is 0 Å². The molecule has 0 amide bonds. The van der Waals surface area contributed by atoms with E-state index in [0.717, 1.165) is 50.0 Å². The van der Waals surface area contributed by atoms with Crippen molar-refractivity contribution in [2.75, 3.05) is 18.0 Å². The van der Waals surface area contributed by atoms with Gasteiger partial charge in [0.1, 0.15) is 5.82 Å². The van der Waals surface area contributed by atoms with Crippen molar-refractivity contribution in [3.8, 4) is 0 Å². The first-order valence-electron chi connectivity index (χ1n) is 8.14. The highest BCUT2D eigenvalue weighted by atomic mass is 15.4. The van der Waals surface area contributed by atoms with Crippen LogP contribution in [0, 0.1) is 11.8 Å². The van der Waals surface area contributed by atoms with E-state index in [0.29, 0.717) is 12.0 Å². The molecule has 5 heteroatoms. The molecule has 3 rings (SSSR count). The Morgan fingerprint density at radius 2 is 1.95 bits per heavy atom. The first kappa shape index (κ1) is 13.9. The molecule has 1 unspecified atom stereocenters. The maximum atomic E-state index is 5.99. The number of nitrogens with one attached hydrogen (secondary N) is 1. The zero-order valence-corrected chi connectivity index (χ0v) is 12.5. The van der Waals surface area contributed by atoms with Crippen molar-refractivity contribution in [3.05, 3.63) is 5.82 Å². The molecule has 1 aromatic heterocycles. The maximum absolute atomic E-state index is 5.99. The lowest BCUT2D eigenvalue weighted by atomic mass is 9.91. The van der Waals surface area contributed by atoms with E-state index in [2.05, 4.69) is 22.0 Å². The van der Waals surface area contributed by atoms with Gasteiger partial charge < -0.3 is 10.6 Å². The molecule has 1 atom stereocenters. The average molecular weight is 277 g/mol. The van der Waals surface area contributed by atoms with Crippen molar-refractivity contribution in [3.63, 3.8) is 0 Å². The van der Waals surface area contributed by atoms with Gasteiger partial charge in [-0.15, -0.1) is 5.10 Å². The molecule has 1 aliphatic carbocycles. The fourth-order valence-electron chi connectivity index (χ4n) is 3.63. The summed E-state index contributed by atoms with van der Waals surface area (Å²) in [6.45, 7) is 4.19. The molecule has 2 heterocycles. The number of hydrogen-bond acceptors (Lipinski definition) is 4. The lowest BCUT2D eigenvalue weighted by Crippen LogP contribution is -2.40. The average Bonchev–Trinajstić information content (AvgIpc) is 3.11. The van der Waals surface area contributed by atoms with Crippen LogP contribution in [0.4, 0.5) is 5.95 Å². The molecule has 0 bridgehead atoms. The predicted molar refractivity (Wildman–Crippen MR) is 80.6 cm³/mol. The number of piperidine rings is 1. The van der Waals surface area contributed by atoms with E-state index in [4.69, 9.17) is 10.7 Å². The van der Waals surface area contributed by atoms with Crippen LogP contribution in [-0.2, 0) is 6.42 Å². The second-order valence-electron chi connectivity index (χ2n) is 6.62. The summed E-state index contributed by atoms with van der Waals surface area (Å²) >= 11 is 0. The molecule has 0 aromatic carbocycles. The Bertz CT molecular complexity index is 414. The Balaban J connectivity index is 1.54. The molecule has 1 aliphatic heterocycles. The van der Waals surface area contributed by atoms with E-state index in [1.54, 1.807) is 0 Å². The fourth-order valence-corrected chi connectivity index (χ4v) is 3.63. The van der Waals surface area contributed by atoms with Crippen molar-refractivity contribution in [2.24, 2.45) is 17.6 Å². The molecule has 0 spiro atoms. The second kappa shape index (κ2) is 6.12. The number of nitrogens with zero attached hydrogens (tertiary/aromatic N) is 3. The quantitative estimate of drug-likeness (QED) is 0.884. The molecule has 5 nitrogen and oxygen atoms in total. The molecule has 2 fully saturated rings. The second-order valence-corrected chi connectivity index (χ2v) is 6.62. The molecular weight excluding hydrogens is 250 g/mol. The van der Waals surface area contributed by atoms with Gasteiger partial charge in [0.2, 0.25) is 5.95 Å². The minimum atomic E-state index is 0.308. The number of aromatic amines is 1. The number of rotatable bonds is 4. The smallest absolute Gasteiger partial charge is 0.244 e. The minimum absolute atomic E-state index is 0.308. The summed E-state index contributed by atoms with van der Waals surface area (Å²) in [7, 11) is 0. The molecule has 20 heavy (non-hydrogen) atoms. The van der Waals surface area contributed by atoms with E-state index in [1.165, 1.54) is 25.7 Å². The van der Waals surface area contributed by atoms with Gasteiger partial charge in [-0.2, -0.15) is 4.98 Å². The molecule has 112 valence electrons. The third-order valence-electron chi connectivity index (χ3n) is 5.04. The largest absolute Gasteiger partial charge is 0.340 e. The van der Waals surface area contributed by atoms with Crippen LogP contribution in [0.15, 0.2) is 0 Å². The summed E-state index contributed by atoms with van der Waals surface area (Å²) < 4.78 is 0. The number of H-pyrrole nitrogens is 1. The molecule has 1 saturated carbocycles. The highest BCUT2D eigenvalue weighted by molar-refractivity contribution is 5.29. The third-order valence-corrected chi connectivity index (χ3v) is 5.04. The summed E-state index contributed by atoms with van der Waals surface area (Å²) in [5.74, 6) is 3.44. The molecule has 2 aliphatic rings. The van der Waals surface area contributed by atoms with E-state index in [-0.39, 0.29) is 0 Å². The Hall–Kier alpha value is -1.10. The van der Waals surface area contributed by atoms with Crippen LogP contribution in [0.1, 0.15) is 51.3 Å². The number of aromatic nitrogens is 3. The summed E-state index contributed by atoms with van der Waals surface area (Å²) in [5, 5.41) is 7.55. The van der Waals surface area contributed by atoms with Crippen LogP contribution >= 0.6 is 0 Å². The van der Waals surface area contributed by atoms with Crippen LogP contribution in [0.5, 0.6) is 0 Å². The molecule has 1 aromatic rings. The lowest BCUT2D eigenvalue weighted by Gasteiger charge is -2.32. The molecular formula is C15H27N5. The number of hydrogen-bond donors (Lipinski definition) is 2. The van der Waals surface area contributed by atoms with Crippen molar-refractivity contribution < 1.29 is 0 Å². The van der Waals surface area contributed by atoms with Crippen molar-refractivity contribution in [1.82, 2.24) is 15.2 Å². The van der Waals surface area contributed by atoms with Gasteiger partial charge in [0.15, 0.2) is 0 Å². The van der Waals surface area contributed by atoms with Crippen LogP contribution in [-0.4, -0.2) is 34.3 Å². The van der Waals surface area contributed by atoms with Crippen molar-refractivity contribution in [1.29, 1.82) is 0 Å². The Labute approximate surface area is 121 Å². The third kappa shape index (κ3) is 3.14. The van der Waals surface area contributed by atoms with Crippen LogP contribution < -0.4 is 10.6 Å². The van der Waals surface area contributed by atoms with E-state index in [1.807, 2.05) is 0 Å². The van der Waals surface area contributed by atoms with Crippen LogP contribution in [0.2, 0.25) is 0 Å². The Morgan fingerprint density at radius 1 is 1.25 bits per heavy atom. The highest BCUT2D eigenvalue weighted by Gasteiger charge is 2.24. The molecule has 1 saturated heterocycles. The van der Waals surface area contributed by atoms with Gasteiger partial charge in [-0.25, -0.2) is 0 Å². The Kier molecular flexibility index (Phi) is 4.24. The summed E-state index contributed by atoms with van der Waals surface area (Å²) in [4.78, 5) is 6.99. The monoisotopic (exact) mass is 277 g/mol. The first-order chi connectivity index (χ1) is 9.72. The van der Waals surface area contributed by atoms with Crippen molar-refractivity contribution in [2.45, 2.75) is 57.9 Å². The minimum Gasteiger partial charge on any atom is -0.340 e. The molecule has 0 radical (unpaired) electrons. The standard InChI is InChI=1S/C15H27N5/c1-11(16)13-6-8-20(9-7-13)15-17-14(18-19-15)10-12-4-2-3-5-12/h11-13H,2-10,16H2,1H3,(H,17,18,19). The highest BCUT2D eigenvalue weighted by Crippen LogP contribution is 2.28. The van der Waals surface area contributed by atoms with Crippen LogP contribution in [0.25, 0.3) is 0 Å². The fraction of sp³-hybridized carbons (Fsp3) is 0.867. The normalized spacial score (nSPS) is 23.4. The zero-order chi connectivity index (χ0) is 13.9. The Morgan fingerprint density at radius 3 is 2.60 bits per heavy atom. The summed E-state index contributed by atoms with van der Waals surface area (Å²) in [6.07, 6.45) is 8.87. The predicted octanol–water partition coefficient (Wildman–Crippen LogP) is 2.10. The summed E-state index contributed by atoms with van der Waals surface area (Å²) in [6, 6.07) is 0.308. The van der Waals surface area contributed by atoms with Gasteiger partial charge in [0, 0.05) is 25.6 Å². The first-order valence-corrected chi connectivity index (χ1v) is 8.14. The van der Waals surface area contributed by atoms with Gasteiger partial charge in [-0.05, 0) is 31.6 Å². The number of nitrogens with two attached hydrogens (primary N) is 1. The SMILES string of the molecule is CC(N)C1CCN(c2n[nH]c(CC3CCCC3)n2)CC1. The zero-order valence-electron chi connectivity index (χ0n) is 12.5. The lowest BCUT2D eigenvalue weighted by molar-refractivity contribution is 0.352. The van der Waals surface area contributed by atoms with Gasteiger partial charge in [-0.1, -0.05) is 25.7 Å². The van der Waals surface area contributed by atoms with Gasteiger partial charge >= 0.3 is 0 Å². The van der Waals surface area contributed by atoms with Gasteiger partial charge in [0.05, 0.1) is 0 Å². The van der Waals surface area contributed by atoms with E-state index in [9.17, 15) is 0 Å². The maximum Gasteiger partial charge on any atom is 0.244 e. The van der Waals surface area contributed by atoms with E-state index >= 15 is 0 Å². The van der Waals surface area contributed by atoms with Gasteiger partial charge in [0.25, 0.3) is 0 Å². The van der Waals surface area contributed by atoms with E-state index < -0.39 is 0 Å².